The molecule has 10 nitrogen and oxygen atoms in total. The molecular formula is C30H28N8O2. The minimum Gasteiger partial charge on any atom is -0.487 e. The number of hydrogen-bond acceptors (Lipinski definition) is 8. The van der Waals surface area contributed by atoms with Crippen molar-refractivity contribution in [3.63, 3.8) is 0 Å². The lowest BCUT2D eigenvalue weighted by atomic mass is 10.0. The molecule has 1 N–H and O–H groups in total. The fraction of sp³-hybridized carbons (Fsp3) is 0.233. The van der Waals surface area contributed by atoms with Crippen LogP contribution in [-0.2, 0) is 11.2 Å². The van der Waals surface area contributed by atoms with E-state index in [0.29, 0.717) is 48.8 Å². The summed E-state index contributed by atoms with van der Waals surface area (Å²) in [6.07, 6.45) is 9.52. The highest BCUT2D eigenvalue weighted by atomic mass is 16.5. The molecule has 1 fully saturated rings. The molecule has 0 spiro atoms. The lowest BCUT2D eigenvalue weighted by molar-refractivity contribution is -0.129. The topological polar surface area (TPSA) is 101 Å². The van der Waals surface area contributed by atoms with Gasteiger partial charge in [-0.15, -0.1) is 0 Å². The largest absolute Gasteiger partial charge is 0.487 e. The fourth-order valence-electron chi connectivity index (χ4n) is 5.56. The molecule has 1 aromatic carbocycles. The normalized spacial score (nSPS) is 16.4. The lowest BCUT2D eigenvalue weighted by Crippen LogP contribution is -2.56. The van der Waals surface area contributed by atoms with Gasteiger partial charge in [-0.2, -0.15) is 0 Å². The first-order chi connectivity index (χ1) is 19.6. The molecule has 0 radical (unpaired) electrons. The van der Waals surface area contributed by atoms with Gasteiger partial charge in [0.05, 0.1) is 11.6 Å². The summed E-state index contributed by atoms with van der Waals surface area (Å²) in [7, 11) is 0. The van der Waals surface area contributed by atoms with E-state index in [4.69, 9.17) is 9.72 Å². The Morgan fingerprint density at radius 3 is 2.95 bits per heavy atom. The molecule has 5 aromatic rings. The maximum atomic E-state index is 12.3. The number of rotatable bonds is 5. The van der Waals surface area contributed by atoms with Gasteiger partial charge in [0.15, 0.2) is 17.4 Å². The quantitative estimate of drug-likeness (QED) is 0.340. The number of carbonyl (C=O) groups excluding carboxylic acids is 1. The van der Waals surface area contributed by atoms with Crippen molar-refractivity contribution in [1.82, 2.24) is 29.2 Å². The first-order valence-corrected chi connectivity index (χ1v) is 13.3. The number of nitrogens with one attached hydrogen (secondary N) is 1. The fourth-order valence-corrected chi connectivity index (χ4v) is 5.56. The van der Waals surface area contributed by atoms with Crippen LogP contribution in [0.15, 0.2) is 74.0 Å². The number of piperazine rings is 1. The molecule has 7 rings (SSSR count). The van der Waals surface area contributed by atoms with Crippen molar-refractivity contribution in [3.05, 3.63) is 90.7 Å². The monoisotopic (exact) mass is 532 g/mol. The summed E-state index contributed by atoms with van der Waals surface area (Å²) in [5.41, 5.74) is 6.88. The van der Waals surface area contributed by atoms with E-state index in [0.717, 1.165) is 23.6 Å². The number of carbonyl (C=O) groups is 1. The van der Waals surface area contributed by atoms with Gasteiger partial charge in [0, 0.05) is 50.0 Å². The van der Waals surface area contributed by atoms with Crippen LogP contribution in [0, 0.1) is 6.92 Å². The van der Waals surface area contributed by atoms with Crippen LogP contribution >= 0.6 is 0 Å². The van der Waals surface area contributed by atoms with Gasteiger partial charge in [-0.25, -0.2) is 19.9 Å². The van der Waals surface area contributed by atoms with E-state index in [2.05, 4.69) is 69.0 Å². The van der Waals surface area contributed by atoms with Gasteiger partial charge in [0.25, 0.3) is 0 Å². The summed E-state index contributed by atoms with van der Waals surface area (Å²) < 4.78 is 8.14. The highest BCUT2D eigenvalue weighted by Crippen LogP contribution is 2.36. The van der Waals surface area contributed by atoms with Gasteiger partial charge in [-0.1, -0.05) is 12.6 Å². The van der Waals surface area contributed by atoms with Crippen molar-refractivity contribution in [3.8, 4) is 5.75 Å². The smallest absolute Gasteiger partial charge is 0.246 e. The van der Waals surface area contributed by atoms with Crippen molar-refractivity contribution >= 4 is 39.9 Å². The van der Waals surface area contributed by atoms with E-state index < -0.39 is 0 Å². The van der Waals surface area contributed by atoms with Crippen LogP contribution in [-0.4, -0.2) is 67.4 Å². The van der Waals surface area contributed by atoms with Crippen LogP contribution in [0.3, 0.4) is 0 Å². The third-order valence-electron chi connectivity index (χ3n) is 7.69. The third-order valence-corrected chi connectivity index (χ3v) is 7.69. The van der Waals surface area contributed by atoms with E-state index in [-0.39, 0.29) is 11.9 Å². The van der Waals surface area contributed by atoms with E-state index >= 15 is 0 Å². The minimum absolute atomic E-state index is 0.0663. The van der Waals surface area contributed by atoms with Crippen molar-refractivity contribution in [2.45, 2.75) is 19.4 Å². The molecule has 1 saturated heterocycles. The summed E-state index contributed by atoms with van der Waals surface area (Å²) in [6.45, 7) is 8.06. The molecule has 1 unspecified atom stereocenters. The summed E-state index contributed by atoms with van der Waals surface area (Å²) in [5.74, 6) is 1.97. The van der Waals surface area contributed by atoms with Gasteiger partial charge >= 0.3 is 0 Å². The predicted octanol–water partition coefficient (Wildman–Crippen LogP) is 3.91. The lowest BCUT2D eigenvalue weighted by Gasteiger charge is -2.39. The van der Waals surface area contributed by atoms with Crippen LogP contribution in [0.5, 0.6) is 5.75 Å². The van der Waals surface area contributed by atoms with Crippen LogP contribution in [0.25, 0.3) is 16.7 Å². The van der Waals surface area contributed by atoms with E-state index in [9.17, 15) is 4.79 Å². The third kappa shape index (κ3) is 4.27. The Bertz CT molecular complexity index is 1780. The van der Waals surface area contributed by atoms with Crippen molar-refractivity contribution in [1.29, 1.82) is 0 Å². The first-order valence-electron chi connectivity index (χ1n) is 13.3. The summed E-state index contributed by atoms with van der Waals surface area (Å²) in [4.78, 5) is 34.7. The number of imidazole rings is 1. The van der Waals surface area contributed by atoms with Crippen LogP contribution < -0.4 is 15.0 Å². The predicted molar refractivity (Wildman–Crippen MR) is 153 cm³/mol. The average Bonchev–Trinajstić information content (AvgIpc) is 3.40. The Kier molecular flexibility index (Phi) is 5.80. The van der Waals surface area contributed by atoms with Crippen LogP contribution in [0.4, 0.5) is 17.3 Å². The number of pyridine rings is 2. The van der Waals surface area contributed by atoms with Crippen molar-refractivity contribution < 1.29 is 9.53 Å². The number of ether oxygens (including phenoxy) is 1. The SMILES string of the molecule is C=CC(=O)N1CCN2CC1COc1cc3ncnc(Nc4ccc(Cc5ccn6ccnc6c5)c(C)c4)c3nc12. The number of amides is 1. The number of fused-ring (bicyclic) bond motifs is 6. The molecular weight excluding hydrogens is 504 g/mol. The van der Waals surface area contributed by atoms with Gasteiger partial charge in [0.2, 0.25) is 5.91 Å². The molecule has 2 aliphatic rings. The highest BCUT2D eigenvalue weighted by Gasteiger charge is 2.34. The number of anilines is 3. The average molecular weight is 533 g/mol. The number of hydrogen-bond donors (Lipinski definition) is 1. The zero-order valence-electron chi connectivity index (χ0n) is 22.1. The molecule has 2 bridgehead atoms. The Morgan fingerprint density at radius 1 is 1.15 bits per heavy atom. The summed E-state index contributed by atoms with van der Waals surface area (Å²) in [6, 6.07) is 12.4. The Labute approximate surface area is 231 Å². The Balaban J connectivity index is 1.15. The van der Waals surface area contributed by atoms with Crippen LogP contribution in [0.2, 0.25) is 0 Å². The molecule has 0 aliphatic carbocycles. The van der Waals surface area contributed by atoms with Crippen molar-refractivity contribution in [2.24, 2.45) is 0 Å². The molecule has 6 heterocycles. The maximum Gasteiger partial charge on any atom is 0.246 e. The van der Waals surface area contributed by atoms with Gasteiger partial charge < -0.3 is 24.3 Å². The molecule has 1 atom stereocenters. The van der Waals surface area contributed by atoms with Gasteiger partial charge in [0.1, 0.15) is 24.1 Å². The van der Waals surface area contributed by atoms with Crippen molar-refractivity contribution in [2.75, 3.05) is 36.5 Å². The summed E-state index contributed by atoms with van der Waals surface area (Å²) >= 11 is 0. The minimum atomic E-state index is -0.0740. The summed E-state index contributed by atoms with van der Waals surface area (Å²) in [5, 5.41) is 3.46. The second kappa shape index (κ2) is 9.64. The number of benzene rings is 1. The number of aromatic nitrogens is 5. The Morgan fingerprint density at radius 2 is 2.08 bits per heavy atom. The molecule has 4 aromatic heterocycles. The van der Waals surface area contributed by atoms with Gasteiger partial charge in [-0.05, 0) is 60.4 Å². The van der Waals surface area contributed by atoms with E-state index in [1.165, 1.54) is 29.1 Å². The van der Waals surface area contributed by atoms with Gasteiger partial charge in [-0.3, -0.25) is 4.79 Å². The zero-order chi connectivity index (χ0) is 27.2. The van der Waals surface area contributed by atoms with E-state index in [1.807, 2.05) is 34.0 Å². The molecule has 40 heavy (non-hydrogen) atoms. The van der Waals surface area contributed by atoms with Crippen LogP contribution in [0.1, 0.15) is 16.7 Å². The molecule has 1 amide bonds. The maximum absolute atomic E-state index is 12.3. The standard InChI is InChI=1S/C30H28N8O2/c1-3-27(39)38-11-10-37-16-23(38)17-40-25-15-24-28(35-30(25)37)29(33-18-32-24)34-22-5-4-21(19(2)12-22)13-20-6-8-36-9-7-31-26(36)14-20/h3-9,12,14-15,18,23H,1,10-11,13,16-17H2,2H3,(H,32,33,34). The zero-order valence-corrected chi connectivity index (χ0v) is 22.1. The number of aryl methyl sites for hydroxylation is 1. The molecule has 2 aliphatic heterocycles. The second-order valence-electron chi connectivity index (χ2n) is 10.2. The molecule has 200 valence electrons. The highest BCUT2D eigenvalue weighted by molar-refractivity contribution is 5.90. The molecule has 0 saturated carbocycles. The first kappa shape index (κ1) is 24.1. The molecule has 10 heteroatoms. The van der Waals surface area contributed by atoms with E-state index in [1.54, 1.807) is 0 Å². The second-order valence-corrected chi connectivity index (χ2v) is 10.2. The Hall–Kier alpha value is -4.99. The number of nitrogens with zero attached hydrogens (tertiary/aromatic N) is 7.